The largest absolute Gasteiger partial charge is 0.311 e. The molecule has 0 spiro atoms. The Balaban J connectivity index is 3.95. The van der Waals surface area contributed by atoms with Gasteiger partial charge in [0.1, 0.15) is 6.10 Å². The van der Waals surface area contributed by atoms with E-state index in [4.69, 9.17) is 0 Å². The van der Waals surface area contributed by atoms with Crippen LogP contribution >= 0.6 is 0 Å². The van der Waals surface area contributed by atoms with E-state index in [2.05, 4.69) is 4.84 Å². The highest BCUT2D eigenvalue weighted by Gasteiger charge is 2.16. The van der Waals surface area contributed by atoms with Crippen LogP contribution in [0.3, 0.4) is 0 Å². The molecule has 0 radical (unpaired) electrons. The van der Waals surface area contributed by atoms with E-state index in [0.717, 1.165) is 12.8 Å². The molecule has 13 heavy (non-hydrogen) atoms. The zero-order valence-electron chi connectivity index (χ0n) is 8.82. The second kappa shape index (κ2) is 5.78. The van der Waals surface area contributed by atoms with E-state index in [9.17, 15) is 10.1 Å². The first-order chi connectivity index (χ1) is 5.91. The topological polar surface area (TPSA) is 52.4 Å². The number of hydrogen-bond donors (Lipinski definition) is 0. The number of rotatable bonds is 6. The molecule has 0 atom stereocenters. The Hall–Kier alpha value is -0.800. The normalized spacial score (nSPS) is 11.3. The smallest absolute Gasteiger partial charge is 0.294 e. The summed E-state index contributed by atoms with van der Waals surface area (Å²) in [7, 11) is 0. The summed E-state index contributed by atoms with van der Waals surface area (Å²) in [5.41, 5.74) is 0. The van der Waals surface area contributed by atoms with Gasteiger partial charge in [0.2, 0.25) is 0 Å². The van der Waals surface area contributed by atoms with Crippen molar-refractivity contribution < 1.29 is 9.92 Å². The fourth-order valence-corrected chi connectivity index (χ4v) is 1.36. The van der Waals surface area contributed by atoms with Gasteiger partial charge in [0.15, 0.2) is 0 Å². The predicted octanol–water partition coefficient (Wildman–Crippen LogP) is 2.66. The highest BCUT2D eigenvalue weighted by Crippen LogP contribution is 2.16. The van der Waals surface area contributed by atoms with Gasteiger partial charge in [-0.2, -0.15) is 0 Å². The average molecular weight is 189 g/mol. The van der Waals surface area contributed by atoms with Crippen LogP contribution < -0.4 is 0 Å². The fourth-order valence-electron chi connectivity index (χ4n) is 1.36. The summed E-state index contributed by atoms with van der Waals surface area (Å²) in [4.78, 5) is 14.8. The van der Waals surface area contributed by atoms with Gasteiger partial charge in [-0.15, -0.1) is 10.1 Å². The van der Waals surface area contributed by atoms with Crippen LogP contribution in [-0.2, 0) is 4.84 Å². The van der Waals surface area contributed by atoms with Crippen molar-refractivity contribution in [1.29, 1.82) is 0 Å². The molecular formula is C9H19NO3. The van der Waals surface area contributed by atoms with Crippen LogP contribution in [0.25, 0.3) is 0 Å². The third-order valence-corrected chi connectivity index (χ3v) is 1.70. The van der Waals surface area contributed by atoms with Crippen LogP contribution in [-0.4, -0.2) is 11.2 Å². The van der Waals surface area contributed by atoms with E-state index in [1.807, 2.05) is 27.7 Å². The van der Waals surface area contributed by atoms with Gasteiger partial charge in [-0.1, -0.05) is 27.7 Å². The van der Waals surface area contributed by atoms with Gasteiger partial charge in [0, 0.05) is 0 Å². The summed E-state index contributed by atoms with van der Waals surface area (Å²) < 4.78 is 0. The Morgan fingerprint density at radius 3 is 1.77 bits per heavy atom. The number of nitrogens with zero attached hydrogens (tertiary/aromatic N) is 1. The molecule has 0 aliphatic carbocycles. The van der Waals surface area contributed by atoms with E-state index < -0.39 is 5.09 Å². The minimum atomic E-state index is -0.685. The third kappa shape index (κ3) is 7.56. The van der Waals surface area contributed by atoms with Crippen LogP contribution in [0.4, 0.5) is 0 Å². The molecular weight excluding hydrogens is 170 g/mol. The number of hydrogen-bond acceptors (Lipinski definition) is 3. The van der Waals surface area contributed by atoms with Gasteiger partial charge in [0.05, 0.1) is 0 Å². The molecule has 78 valence electrons. The maximum atomic E-state index is 10.2. The summed E-state index contributed by atoms with van der Waals surface area (Å²) >= 11 is 0. The molecule has 0 saturated heterocycles. The molecule has 0 aromatic rings. The Morgan fingerprint density at radius 2 is 1.54 bits per heavy atom. The lowest BCUT2D eigenvalue weighted by Crippen LogP contribution is -2.21. The first-order valence-electron chi connectivity index (χ1n) is 4.73. The molecule has 0 heterocycles. The van der Waals surface area contributed by atoms with Crippen molar-refractivity contribution >= 4 is 0 Å². The highest BCUT2D eigenvalue weighted by molar-refractivity contribution is 4.61. The van der Waals surface area contributed by atoms with Crippen molar-refractivity contribution in [1.82, 2.24) is 0 Å². The summed E-state index contributed by atoms with van der Waals surface area (Å²) in [6.07, 6.45) is 1.26. The van der Waals surface area contributed by atoms with E-state index in [-0.39, 0.29) is 6.10 Å². The standard InChI is InChI=1S/C9H19NO3/c1-7(2)5-9(6-8(3)4)13-10(11)12/h7-9H,5-6H2,1-4H3. The average Bonchev–Trinajstić information content (AvgIpc) is 1.80. The molecule has 0 saturated carbocycles. The Labute approximate surface area is 79.4 Å². The first-order valence-corrected chi connectivity index (χ1v) is 4.73. The van der Waals surface area contributed by atoms with Crippen molar-refractivity contribution in [3.8, 4) is 0 Å². The summed E-state index contributed by atoms with van der Waals surface area (Å²) in [5.74, 6) is 0.868. The monoisotopic (exact) mass is 189 g/mol. The first kappa shape index (κ1) is 12.2. The van der Waals surface area contributed by atoms with E-state index >= 15 is 0 Å². The van der Waals surface area contributed by atoms with E-state index in [0.29, 0.717) is 11.8 Å². The summed E-state index contributed by atoms with van der Waals surface area (Å²) in [6.45, 7) is 8.15. The van der Waals surface area contributed by atoms with Gasteiger partial charge < -0.3 is 4.84 Å². The van der Waals surface area contributed by atoms with Crippen LogP contribution in [0, 0.1) is 22.0 Å². The van der Waals surface area contributed by atoms with Crippen molar-refractivity contribution in [3.05, 3.63) is 10.1 Å². The van der Waals surface area contributed by atoms with Crippen molar-refractivity contribution in [2.24, 2.45) is 11.8 Å². The molecule has 0 unspecified atom stereocenters. The molecule has 0 aromatic carbocycles. The Morgan fingerprint density at radius 1 is 1.15 bits per heavy atom. The summed E-state index contributed by atoms with van der Waals surface area (Å²) in [6, 6.07) is 0. The quantitative estimate of drug-likeness (QED) is 0.476. The van der Waals surface area contributed by atoms with Crippen molar-refractivity contribution in [2.45, 2.75) is 46.6 Å². The molecule has 4 nitrogen and oxygen atoms in total. The lowest BCUT2D eigenvalue weighted by molar-refractivity contribution is -0.769. The van der Waals surface area contributed by atoms with Crippen molar-refractivity contribution in [2.75, 3.05) is 0 Å². The lowest BCUT2D eigenvalue weighted by Gasteiger charge is -2.18. The zero-order valence-corrected chi connectivity index (χ0v) is 8.82. The molecule has 0 fully saturated rings. The Bertz CT molecular complexity index is 147. The minimum Gasteiger partial charge on any atom is -0.311 e. The van der Waals surface area contributed by atoms with Gasteiger partial charge in [0.25, 0.3) is 5.09 Å². The fraction of sp³-hybridized carbons (Fsp3) is 1.00. The van der Waals surface area contributed by atoms with Crippen LogP contribution in [0.15, 0.2) is 0 Å². The molecule has 0 N–H and O–H groups in total. The van der Waals surface area contributed by atoms with Crippen LogP contribution in [0.5, 0.6) is 0 Å². The maximum Gasteiger partial charge on any atom is 0.294 e. The molecule has 0 rings (SSSR count). The van der Waals surface area contributed by atoms with Gasteiger partial charge >= 0.3 is 0 Å². The molecule has 0 aliphatic heterocycles. The molecule has 0 aliphatic rings. The minimum absolute atomic E-state index is 0.241. The van der Waals surface area contributed by atoms with Crippen LogP contribution in [0.1, 0.15) is 40.5 Å². The highest BCUT2D eigenvalue weighted by atomic mass is 17.0. The zero-order chi connectivity index (χ0) is 10.4. The Kier molecular flexibility index (Phi) is 5.42. The lowest BCUT2D eigenvalue weighted by atomic mass is 9.98. The van der Waals surface area contributed by atoms with Gasteiger partial charge in [-0.05, 0) is 24.7 Å². The van der Waals surface area contributed by atoms with Crippen molar-refractivity contribution in [3.63, 3.8) is 0 Å². The SMILES string of the molecule is CC(C)CC(CC(C)C)O[N+](=O)[O-]. The molecule has 0 aromatic heterocycles. The van der Waals surface area contributed by atoms with Gasteiger partial charge in [-0.3, -0.25) is 0 Å². The van der Waals surface area contributed by atoms with Gasteiger partial charge in [-0.25, -0.2) is 0 Å². The second-order valence-corrected chi connectivity index (χ2v) is 4.21. The van der Waals surface area contributed by atoms with Crippen LogP contribution in [0.2, 0.25) is 0 Å². The van der Waals surface area contributed by atoms with E-state index in [1.54, 1.807) is 0 Å². The molecule has 4 heteroatoms. The summed E-state index contributed by atoms with van der Waals surface area (Å²) in [5, 5.41) is 9.47. The molecule has 0 amide bonds. The maximum absolute atomic E-state index is 10.2. The predicted molar refractivity (Wildman–Crippen MR) is 50.8 cm³/mol. The second-order valence-electron chi connectivity index (χ2n) is 4.21. The van der Waals surface area contributed by atoms with E-state index in [1.165, 1.54) is 0 Å². The third-order valence-electron chi connectivity index (χ3n) is 1.70. The molecule has 0 bridgehead atoms.